The van der Waals surface area contributed by atoms with Crippen molar-refractivity contribution in [2.75, 3.05) is 13.7 Å². The molecule has 0 fully saturated rings. The Bertz CT molecular complexity index is 1170. The molecule has 7 nitrogen and oxygen atoms in total. The van der Waals surface area contributed by atoms with Gasteiger partial charge in [-0.15, -0.1) is 0 Å². The van der Waals surface area contributed by atoms with Crippen molar-refractivity contribution in [2.45, 2.75) is 13.8 Å². The Morgan fingerprint density at radius 1 is 1.00 bits per heavy atom. The standard InChI is InChI=1S/C25H23BrN2O5/c1-16-7-6-8-17(2)24(16)32-15-23(29)28-27-14-18-11-12-21(22(13-18)31-3)33-25(30)19-9-4-5-10-20(19)26/h4-14H,15H2,1-3H3,(H,28,29)/b27-14+. The molecule has 0 saturated carbocycles. The Balaban J connectivity index is 1.59. The molecule has 0 radical (unpaired) electrons. The van der Waals surface area contributed by atoms with Gasteiger partial charge in [-0.3, -0.25) is 4.79 Å². The van der Waals surface area contributed by atoms with Gasteiger partial charge >= 0.3 is 5.97 Å². The minimum atomic E-state index is -0.515. The maximum Gasteiger partial charge on any atom is 0.344 e. The zero-order valence-electron chi connectivity index (χ0n) is 18.4. The number of carbonyl (C=O) groups excluding carboxylic acids is 2. The van der Waals surface area contributed by atoms with Crippen LogP contribution in [0.15, 0.2) is 70.2 Å². The summed E-state index contributed by atoms with van der Waals surface area (Å²) in [6.45, 7) is 3.69. The second kappa shape index (κ2) is 11.3. The van der Waals surface area contributed by atoms with Crippen LogP contribution in [0, 0.1) is 13.8 Å². The second-order valence-corrected chi connectivity index (χ2v) is 7.94. The number of nitrogens with one attached hydrogen (secondary N) is 1. The van der Waals surface area contributed by atoms with E-state index in [4.69, 9.17) is 14.2 Å². The van der Waals surface area contributed by atoms with E-state index in [-0.39, 0.29) is 18.3 Å². The number of methoxy groups -OCH3 is 1. The summed E-state index contributed by atoms with van der Waals surface area (Å²) < 4.78 is 17.0. The van der Waals surface area contributed by atoms with Crippen LogP contribution in [-0.4, -0.2) is 31.8 Å². The van der Waals surface area contributed by atoms with Crippen LogP contribution in [-0.2, 0) is 4.79 Å². The Labute approximate surface area is 200 Å². The Kier molecular flexibility index (Phi) is 8.21. The van der Waals surface area contributed by atoms with Crippen LogP contribution in [0.5, 0.6) is 17.2 Å². The normalized spacial score (nSPS) is 10.7. The molecule has 3 aromatic carbocycles. The van der Waals surface area contributed by atoms with Crippen molar-refractivity contribution >= 4 is 34.0 Å². The van der Waals surface area contributed by atoms with Gasteiger partial charge in [-0.1, -0.05) is 30.3 Å². The number of rotatable bonds is 8. The molecule has 1 N–H and O–H groups in total. The number of benzene rings is 3. The van der Waals surface area contributed by atoms with E-state index in [0.717, 1.165) is 11.1 Å². The predicted molar refractivity (Wildman–Crippen MR) is 129 cm³/mol. The number of ether oxygens (including phenoxy) is 3. The van der Waals surface area contributed by atoms with Crippen LogP contribution in [0.3, 0.4) is 0 Å². The lowest BCUT2D eigenvalue weighted by Crippen LogP contribution is -2.25. The molecule has 0 aliphatic heterocycles. The van der Waals surface area contributed by atoms with Crippen LogP contribution in [0.1, 0.15) is 27.0 Å². The number of aryl methyl sites for hydroxylation is 2. The molecular weight excluding hydrogens is 488 g/mol. The van der Waals surface area contributed by atoms with Gasteiger partial charge in [-0.05, 0) is 76.8 Å². The average molecular weight is 511 g/mol. The molecule has 33 heavy (non-hydrogen) atoms. The summed E-state index contributed by atoms with van der Waals surface area (Å²) in [6, 6.07) is 17.7. The summed E-state index contributed by atoms with van der Waals surface area (Å²) in [7, 11) is 1.47. The molecule has 170 valence electrons. The highest BCUT2D eigenvalue weighted by molar-refractivity contribution is 9.10. The van der Waals surface area contributed by atoms with E-state index >= 15 is 0 Å². The zero-order valence-corrected chi connectivity index (χ0v) is 20.0. The first-order chi connectivity index (χ1) is 15.9. The molecule has 0 spiro atoms. The van der Waals surface area contributed by atoms with Crippen LogP contribution >= 0.6 is 15.9 Å². The number of carbonyl (C=O) groups is 2. The fraction of sp³-hybridized carbons (Fsp3) is 0.160. The molecule has 3 rings (SSSR count). The van der Waals surface area contributed by atoms with Gasteiger partial charge in [0.2, 0.25) is 0 Å². The molecule has 8 heteroatoms. The third kappa shape index (κ3) is 6.43. The summed E-state index contributed by atoms with van der Waals surface area (Å²) in [5.74, 6) is 0.401. The van der Waals surface area contributed by atoms with E-state index in [1.54, 1.807) is 36.4 Å². The first kappa shape index (κ1) is 24.0. The van der Waals surface area contributed by atoms with Crippen molar-refractivity contribution < 1.29 is 23.8 Å². The van der Waals surface area contributed by atoms with Crippen molar-refractivity contribution in [3.05, 3.63) is 87.4 Å². The van der Waals surface area contributed by atoms with Crippen molar-refractivity contribution in [1.29, 1.82) is 0 Å². The highest BCUT2D eigenvalue weighted by Crippen LogP contribution is 2.29. The van der Waals surface area contributed by atoms with E-state index in [0.29, 0.717) is 27.1 Å². The minimum absolute atomic E-state index is 0.156. The quantitative estimate of drug-likeness (QED) is 0.203. The SMILES string of the molecule is COc1cc(/C=N/NC(=O)COc2c(C)cccc2C)ccc1OC(=O)c1ccccc1Br. The van der Waals surface area contributed by atoms with E-state index in [1.807, 2.05) is 38.1 Å². The highest BCUT2D eigenvalue weighted by Gasteiger charge is 2.15. The maximum atomic E-state index is 12.4. The van der Waals surface area contributed by atoms with Crippen LogP contribution in [0.4, 0.5) is 0 Å². The molecule has 0 aliphatic carbocycles. The number of nitrogens with zero attached hydrogens (tertiary/aromatic N) is 1. The van der Waals surface area contributed by atoms with Crippen LogP contribution < -0.4 is 19.6 Å². The summed E-state index contributed by atoms with van der Waals surface area (Å²) in [6.07, 6.45) is 1.46. The number of para-hydroxylation sites is 1. The topological polar surface area (TPSA) is 86.2 Å². The summed E-state index contributed by atoms with van der Waals surface area (Å²) in [5.41, 5.74) is 5.38. The number of halogens is 1. The number of hydrazone groups is 1. The molecule has 0 bridgehead atoms. The molecule has 0 heterocycles. The molecule has 0 aliphatic rings. The minimum Gasteiger partial charge on any atom is -0.493 e. The van der Waals surface area contributed by atoms with Gasteiger partial charge in [0, 0.05) is 4.47 Å². The van der Waals surface area contributed by atoms with E-state index in [9.17, 15) is 9.59 Å². The Hall–Kier alpha value is -3.65. The first-order valence-electron chi connectivity index (χ1n) is 10.0. The van der Waals surface area contributed by atoms with Crippen molar-refractivity contribution in [1.82, 2.24) is 5.43 Å². The first-order valence-corrected chi connectivity index (χ1v) is 10.8. The monoisotopic (exact) mass is 510 g/mol. The van der Waals surface area contributed by atoms with Gasteiger partial charge < -0.3 is 14.2 Å². The Morgan fingerprint density at radius 3 is 2.42 bits per heavy atom. The summed E-state index contributed by atoms with van der Waals surface area (Å²) in [4.78, 5) is 24.5. The van der Waals surface area contributed by atoms with Crippen molar-refractivity contribution in [3.8, 4) is 17.2 Å². The largest absolute Gasteiger partial charge is 0.493 e. The molecule has 0 unspecified atom stereocenters. The molecular formula is C25H23BrN2O5. The van der Waals surface area contributed by atoms with Crippen LogP contribution in [0.2, 0.25) is 0 Å². The van der Waals surface area contributed by atoms with E-state index in [2.05, 4.69) is 26.5 Å². The fourth-order valence-corrected chi connectivity index (χ4v) is 3.45. The smallest absolute Gasteiger partial charge is 0.344 e. The van der Waals surface area contributed by atoms with Gasteiger partial charge in [0.1, 0.15) is 5.75 Å². The lowest BCUT2D eigenvalue weighted by molar-refractivity contribution is -0.123. The second-order valence-electron chi connectivity index (χ2n) is 7.08. The number of hydrogen-bond donors (Lipinski definition) is 1. The highest BCUT2D eigenvalue weighted by atomic mass is 79.9. The van der Waals surface area contributed by atoms with Gasteiger partial charge in [0.15, 0.2) is 18.1 Å². The summed E-state index contributed by atoms with van der Waals surface area (Å²) >= 11 is 3.34. The third-order valence-electron chi connectivity index (χ3n) is 4.64. The Morgan fingerprint density at radius 2 is 1.73 bits per heavy atom. The van der Waals surface area contributed by atoms with E-state index < -0.39 is 5.97 Å². The fourth-order valence-electron chi connectivity index (χ4n) is 3.01. The predicted octanol–water partition coefficient (Wildman–Crippen LogP) is 4.82. The zero-order chi connectivity index (χ0) is 23.8. The van der Waals surface area contributed by atoms with Gasteiger partial charge in [0.05, 0.1) is 18.9 Å². The lowest BCUT2D eigenvalue weighted by atomic mass is 10.1. The average Bonchev–Trinajstić information content (AvgIpc) is 2.79. The molecule has 3 aromatic rings. The molecule has 0 saturated heterocycles. The maximum absolute atomic E-state index is 12.4. The van der Waals surface area contributed by atoms with Crippen molar-refractivity contribution in [2.24, 2.45) is 5.10 Å². The molecule has 1 amide bonds. The van der Waals surface area contributed by atoms with Crippen molar-refractivity contribution in [3.63, 3.8) is 0 Å². The van der Waals surface area contributed by atoms with Gasteiger partial charge in [-0.2, -0.15) is 5.10 Å². The lowest BCUT2D eigenvalue weighted by Gasteiger charge is -2.11. The third-order valence-corrected chi connectivity index (χ3v) is 5.33. The van der Waals surface area contributed by atoms with Gasteiger partial charge in [0.25, 0.3) is 5.91 Å². The van der Waals surface area contributed by atoms with Crippen LogP contribution in [0.25, 0.3) is 0 Å². The summed E-state index contributed by atoms with van der Waals surface area (Å²) in [5, 5.41) is 3.95. The number of hydrogen-bond acceptors (Lipinski definition) is 6. The number of esters is 1. The molecule has 0 atom stereocenters. The van der Waals surface area contributed by atoms with Gasteiger partial charge in [-0.25, -0.2) is 10.2 Å². The molecule has 0 aromatic heterocycles. The number of amides is 1. The van der Waals surface area contributed by atoms with E-state index in [1.165, 1.54) is 13.3 Å².